The van der Waals surface area contributed by atoms with Crippen LogP contribution in [0.25, 0.3) is 0 Å². The van der Waals surface area contributed by atoms with E-state index in [9.17, 15) is 9.90 Å². The van der Waals surface area contributed by atoms with Gasteiger partial charge >= 0.3 is 0 Å². The van der Waals surface area contributed by atoms with Gasteiger partial charge in [-0.1, -0.05) is 32.1 Å². The molecule has 0 aromatic heterocycles. The largest absolute Gasteiger partial charge is 0.497 e. The van der Waals surface area contributed by atoms with E-state index in [1.54, 1.807) is 7.11 Å². The average Bonchev–Trinajstić information content (AvgIpc) is 3.06. The molecule has 0 spiro atoms. The standard InChI is InChI=1S/C24H36N2O4/c1-16(2)12-21-22(27)15-25-20-14-23(18-10-9-17(29-3)13-19(18)20)30-11-7-5-4-6-8-24(28)26-21/h5,7,9-10,13,16,20-23,25,27H,4,6,8,11-12,14-15H2,1-3H3,(H,26,28)/t20-,21-,22+,23+/m0/s1. The van der Waals surface area contributed by atoms with Crippen molar-refractivity contribution in [2.75, 3.05) is 20.3 Å². The molecule has 6 heteroatoms. The van der Waals surface area contributed by atoms with Gasteiger partial charge < -0.3 is 25.2 Å². The van der Waals surface area contributed by atoms with Gasteiger partial charge in [-0.05, 0) is 54.9 Å². The summed E-state index contributed by atoms with van der Waals surface area (Å²) in [6.45, 7) is 5.18. The lowest BCUT2D eigenvalue weighted by Crippen LogP contribution is -2.48. The van der Waals surface area contributed by atoms with E-state index in [-0.39, 0.29) is 24.1 Å². The fourth-order valence-corrected chi connectivity index (χ4v) is 4.34. The predicted octanol–water partition coefficient (Wildman–Crippen LogP) is 3.42. The summed E-state index contributed by atoms with van der Waals surface area (Å²) in [6, 6.07) is 5.92. The lowest BCUT2D eigenvalue weighted by atomic mass is 9.98. The monoisotopic (exact) mass is 416 g/mol. The topological polar surface area (TPSA) is 79.8 Å². The Kier molecular flexibility index (Phi) is 8.31. The van der Waals surface area contributed by atoms with Crippen LogP contribution in [0.5, 0.6) is 5.75 Å². The highest BCUT2D eigenvalue weighted by Gasteiger charge is 2.33. The van der Waals surface area contributed by atoms with E-state index in [1.807, 2.05) is 12.1 Å². The first-order chi connectivity index (χ1) is 14.5. The molecule has 0 unspecified atom stereocenters. The summed E-state index contributed by atoms with van der Waals surface area (Å²) < 4.78 is 11.6. The third-order valence-corrected chi connectivity index (χ3v) is 5.91. The second kappa shape index (κ2) is 10.9. The number of carbonyl (C=O) groups is 1. The maximum atomic E-state index is 12.4. The Morgan fingerprint density at radius 1 is 1.27 bits per heavy atom. The van der Waals surface area contributed by atoms with E-state index in [2.05, 4.69) is 42.7 Å². The average molecular weight is 417 g/mol. The van der Waals surface area contributed by atoms with Crippen molar-refractivity contribution in [3.05, 3.63) is 41.5 Å². The summed E-state index contributed by atoms with van der Waals surface area (Å²) in [6.07, 6.45) is 7.15. The summed E-state index contributed by atoms with van der Waals surface area (Å²) >= 11 is 0. The van der Waals surface area contributed by atoms with Crippen molar-refractivity contribution in [2.45, 2.75) is 70.2 Å². The van der Waals surface area contributed by atoms with Gasteiger partial charge in [-0.25, -0.2) is 0 Å². The zero-order chi connectivity index (χ0) is 21.5. The zero-order valence-electron chi connectivity index (χ0n) is 18.4. The Labute approximate surface area is 180 Å². The van der Waals surface area contributed by atoms with Gasteiger partial charge in [-0.2, -0.15) is 0 Å². The number of allylic oxidation sites excluding steroid dienone is 1. The lowest BCUT2D eigenvalue weighted by molar-refractivity contribution is -0.122. The molecule has 3 rings (SSSR count). The molecule has 0 saturated carbocycles. The molecular formula is C24H36N2O4. The summed E-state index contributed by atoms with van der Waals surface area (Å²) in [4.78, 5) is 12.4. The first-order valence-corrected chi connectivity index (χ1v) is 11.1. The number of aliphatic hydroxyl groups is 1. The Morgan fingerprint density at radius 2 is 2.10 bits per heavy atom. The van der Waals surface area contributed by atoms with Crippen LogP contribution in [0.4, 0.5) is 0 Å². The van der Waals surface area contributed by atoms with Crippen LogP contribution in [-0.2, 0) is 9.53 Å². The number of rotatable bonds is 3. The molecule has 1 amide bonds. The van der Waals surface area contributed by atoms with E-state index in [1.165, 1.54) is 5.56 Å². The molecule has 1 aromatic carbocycles. The number of β-amino-alcohol motifs (C(OH)–C–C–N with tert-alkyl or cyclic N) is 1. The summed E-state index contributed by atoms with van der Waals surface area (Å²) in [5.41, 5.74) is 2.33. The Bertz CT molecular complexity index is 734. The van der Waals surface area contributed by atoms with Gasteiger partial charge in [0, 0.05) is 19.0 Å². The molecule has 6 nitrogen and oxygen atoms in total. The Morgan fingerprint density at radius 3 is 2.87 bits per heavy atom. The van der Waals surface area contributed by atoms with Gasteiger partial charge in [0.05, 0.1) is 32.0 Å². The number of methoxy groups -OCH3 is 1. The van der Waals surface area contributed by atoms with Crippen LogP contribution in [0.15, 0.2) is 30.4 Å². The quantitative estimate of drug-likeness (QED) is 0.658. The summed E-state index contributed by atoms with van der Waals surface area (Å²) in [7, 11) is 1.67. The van der Waals surface area contributed by atoms with Gasteiger partial charge in [-0.3, -0.25) is 4.79 Å². The maximum Gasteiger partial charge on any atom is 0.220 e. The smallest absolute Gasteiger partial charge is 0.220 e. The van der Waals surface area contributed by atoms with Crippen molar-refractivity contribution < 1.29 is 19.4 Å². The van der Waals surface area contributed by atoms with Crippen LogP contribution in [0.1, 0.15) is 69.2 Å². The molecule has 1 aliphatic carbocycles. The minimum Gasteiger partial charge on any atom is -0.497 e. The van der Waals surface area contributed by atoms with E-state index >= 15 is 0 Å². The van der Waals surface area contributed by atoms with Crippen molar-refractivity contribution in [1.82, 2.24) is 10.6 Å². The molecule has 0 fully saturated rings. The van der Waals surface area contributed by atoms with Crippen molar-refractivity contribution in [3.63, 3.8) is 0 Å². The normalized spacial score (nSPS) is 28.2. The molecule has 1 heterocycles. The highest BCUT2D eigenvalue weighted by Crippen LogP contribution is 2.42. The molecule has 1 aromatic rings. The molecule has 0 saturated heterocycles. The van der Waals surface area contributed by atoms with Crippen molar-refractivity contribution in [1.29, 1.82) is 0 Å². The second-order valence-electron chi connectivity index (χ2n) is 8.75. The number of hydrogen-bond acceptors (Lipinski definition) is 5. The number of amides is 1. The number of nitrogens with one attached hydrogen (secondary N) is 2. The number of hydrogen-bond donors (Lipinski definition) is 3. The number of ether oxygens (including phenoxy) is 2. The molecule has 30 heavy (non-hydrogen) atoms. The molecule has 2 bridgehead atoms. The predicted molar refractivity (Wildman–Crippen MR) is 117 cm³/mol. The van der Waals surface area contributed by atoms with Gasteiger partial charge in [-0.15, -0.1) is 0 Å². The van der Waals surface area contributed by atoms with E-state index in [4.69, 9.17) is 9.47 Å². The van der Waals surface area contributed by atoms with Crippen LogP contribution in [-0.4, -0.2) is 43.4 Å². The first kappa shape index (κ1) is 22.8. The lowest BCUT2D eigenvalue weighted by Gasteiger charge is -2.27. The third-order valence-electron chi connectivity index (χ3n) is 5.91. The van der Waals surface area contributed by atoms with Gasteiger partial charge in [0.25, 0.3) is 0 Å². The van der Waals surface area contributed by atoms with Crippen LogP contribution >= 0.6 is 0 Å². The van der Waals surface area contributed by atoms with Crippen molar-refractivity contribution >= 4 is 5.91 Å². The molecular weight excluding hydrogens is 380 g/mol. The van der Waals surface area contributed by atoms with Crippen molar-refractivity contribution in [3.8, 4) is 5.75 Å². The fourth-order valence-electron chi connectivity index (χ4n) is 4.34. The highest BCUT2D eigenvalue weighted by atomic mass is 16.5. The molecule has 4 atom stereocenters. The van der Waals surface area contributed by atoms with E-state index in [0.717, 1.165) is 37.0 Å². The van der Waals surface area contributed by atoms with E-state index in [0.29, 0.717) is 25.5 Å². The number of benzene rings is 1. The molecule has 1 aliphatic heterocycles. The number of aliphatic hydroxyl groups excluding tert-OH is 1. The fraction of sp³-hybridized carbons (Fsp3) is 0.625. The minimum absolute atomic E-state index is 0.00690. The summed E-state index contributed by atoms with van der Waals surface area (Å²) in [5.74, 6) is 1.21. The molecule has 3 N–H and O–H groups in total. The molecule has 2 aliphatic rings. The summed E-state index contributed by atoms with van der Waals surface area (Å²) in [5, 5.41) is 17.5. The van der Waals surface area contributed by atoms with Crippen LogP contribution in [0, 0.1) is 5.92 Å². The Balaban J connectivity index is 1.80. The number of carbonyl (C=O) groups excluding carboxylic acids is 1. The minimum atomic E-state index is -0.654. The van der Waals surface area contributed by atoms with Crippen molar-refractivity contribution in [2.24, 2.45) is 5.92 Å². The maximum absolute atomic E-state index is 12.4. The first-order valence-electron chi connectivity index (χ1n) is 11.1. The third kappa shape index (κ3) is 6.06. The molecule has 0 radical (unpaired) electrons. The van der Waals surface area contributed by atoms with Gasteiger partial charge in [0.2, 0.25) is 5.91 Å². The van der Waals surface area contributed by atoms with Crippen LogP contribution < -0.4 is 15.4 Å². The van der Waals surface area contributed by atoms with Crippen LogP contribution in [0.2, 0.25) is 0 Å². The van der Waals surface area contributed by atoms with Gasteiger partial charge in [0.15, 0.2) is 0 Å². The van der Waals surface area contributed by atoms with Crippen LogP contribution in [0.3, 0.4) is 0 Å². The number of fused-ring (bicyclic) bond motifs is 5. The van der Waals surface area contributed by atoms with Gasteiger partial charge in [0.1, 0.15) is 5.75 Å². The second-order valence-corrected chi connectivity index (χ2v) is 8.75. The zero-order valence-corrected chi connectivity index (χ0v) is 18.4. The molecule has 166 valence electrons. The Hall–Kier alpha value is -1.89. The SMILES string of the molecule is COc1ccc2c(c1)[C@@H]1C[C@H]2OCC=CCCCC(=O)N[C@@H](CC(C)C)[C@H](O)CN1. The van der Waals surface area contributed by atoms with E-state index < -0.39 is 6.10 Å². The highest BCUT2D eigenvalue weighted by molar-refractivity contribution is 5.76.